The van der Waals surface area contributed by atoms with Crippen molar-refractivity contribution in [2.75, 3.05) is 11.4 Å². The van der Waals surface area contributed by atoms with Crippen LogP contribution in [0.25, 0.3) is 0 Å². The highest BCUT2D eigenvalue weighted by molar-refractivity contribution is 9.10. The fourth-order valence-electron chi connectivity index (χ4n) is 2.86. The van der Waals surface area contributed by atoms with Crippen molar-refractivity contribution in [3.63, 3.8) is 0 Å². The number of anilines is 1. The first kappa shape index (κ1) is 15.4. The number of methoxy groups -OCH3 is 1. The van der Waals surface area contributed by atoms with Gasteiger partial charge >= 0.3 is 0 Å². The van der Waals surface area contributed by atoms with Gasteiger partial charge in [-0.15, -0.1) is 0 Å². The summed E-state index contributed by atoms with van der Waals surface area (Å²) in [5, 5.41) is 0. The van der Waals surface area contributed by atoms with Crippen molar-refractivity contribution < 1.29 is 13.2 Å². The van der Waals surface area contributed by atoms with Gasteiger partial charge in [0.2, 0.25) is 0 Å². The highest BCUT2D eigenvalue weighted by Crippen LogP contribution is 2.39. The van der Waals surface area contributed by atoms with Crippen molar-refractivity contribution in [2.24, 2.45) is 0 Å². The number of benzene rings is 2. The Morgan fingerprint density at radius 1 is 1.23 bits per heavy atom. The molecule has 2 aromatic carbocycles. The third-order valence-electron chi connectivity index (χ3n) is 3.81. The molecule has 1 aliphatic heterocycles. The number of rotatable bonds is 3. The zero-order chi connectivity index (χ0) is 15.9. The quantitative estimate of drug-likeness (QED) is 0.815. The molecule has 1 aliphatic rings. The Labute approximate surface area is 138 Å². The van der Waals surface area contributed by atoms with Crippen LogP contribution in [-0.4, -0.2) is 21.6 Å². The average molecular weight is 382 g/mol. The van der Waals surface area contributed by atoms with Crippen LogP contribution in [0, 0.1) is 0 Å². The highest BCUT2D eigenvalue weighted by Gasteiger charge is 2.37. The molecule has 0 saturated heterocycles. The third-order valence-corrected chi connectivity index (χ3v) is 6.27. The van der Waals surface area contributed by atoms with Gasteiger partial charge in [-0.1, -0.05) is 34.1 Å². The predicted molar refractivity (Wildman–Crippen MR) is 90.0 cm³/mol. The van der Waals surface area contributed by atoms with Crippen LogP contribution >= 0.6 is 15.9 Å². The van der Waals surface area contributed by atoms with Gasteiger partial charge in [-0.25, -0.2) is 8.42 Å². The van der Waals surface area contributed by atoms with Gasteiger partial charge in [0.1, 0.15) is 10.6 Å². The molecule has 0 N–H and O–H groups in total. The van der Waals surface area contributed by atoms with Crippen LogP contribution in [-0.2, 0) is 16.4 Å². The summed E-state index contributed by atoms with van der Waals surface area (Å²) in [6.07, 6.45) is 0.717. The van der Waals surface area contributed by atoms with Gasteiger partial charge in [-0.2, -0.15) is 0 Å². The molecule has 6 heteroatoms. The van der Waals surface area contributed by atoms with E-state index < -0.39 is 10.0 Å². The van der Waals surface area contributed by atoms with Crippen LogP contribution in [0.1, 0.15) is 12.5 Å². The van der Waals surface area contributed by atoms with Gasteiger partial charge in [-0.05, 0) is 43.2 Å². The number of para-hydroxylation sites is 1. The molecule has 116 valence electrons. The molecule has 3 rings (SSSR count). The predicted octanol–water partition coefficient (Wildman–Crippen LogP) is 3.60. The lowest BCUT2D eigenvalue weighted by molar-refractivity contribution is 0.402. The second-order valence-corrected chi connectivity index (χ2v) is 7.98. The molecule has 0 radical (unpaired) electrons. The fourth-order valence-corrected chi connectivity index (χ4v) is 5.04. The summed E-state index contributed by atoms with van der Waals surface area (Å²) in [4.78, 5) is 0.182. The molecule has 4 nitrogen and oxygen atoms in total. The van der Waals surface area contributed by atoms with Gasteiger partial charge in [0, 0.05) is 10.5 Å². The molecule has 1 atom stereocenters. The average Bonchev–Trinajstić information content (AvgIpc) is 2.83. The van der Waals surface area contributed by atoms with Crippen LogP contribution < -0.4 is 9.04 Å². The van der Waals surface area contributed by atoms with Gasteiger partial charge < -0.3 is 4.74 Å². The molecule has 0 aromatic heterocycles. The van der Waals surface area contributed by atoms with Gasteiger partial charge in [-0.3, -0.25) is 4.31 Å². The van der Waals surface area contributed by atoms with Crippen LogP contribution in [0.15, 0.2) is 51.8 Å². The van der Waals surface area contributed by atoms with E-state index in [2.05, 4.69) is 15.9 Å². The van der Waals surface area contributed by atoms with E-state index in [1.54, 1.807) is 18.2 Å². The topological polar surface area (TPSA) is 46.6 Å². The Kier molecular flexibility index (Phi) is 3.91. The van der Waals surface area contributed by atoms with Crippen molar-refractivity contribution in [1.29, 1.82) is 0 Å². The standard InChI is InChI=1S/C16H16BrNO3S/c1-11-9-12-5-3-4-6-14(12)18(11)22(19,20)16-8-7-13(17)10-15(16)21-2/h3-8,10-11H,9H2,1-2H3. The van der Waals surface area contributed by atoms with Crippen molar-refractivity contribution in [3.05, 3.63) is 52.5 Å². The Morgan fingerprint density at radius 3 is 2.68 bits per heavy atom. The van der Waals surface area contributed by atoms with Crippen molar-refractivity contribution >= 4 is 31.6 Å². The van der Waals surface area contributed by atoms with Crippen LogP contribution in [0.3, 0.4) is 0 Å². The van der Waals surface area contributed by atoms with Gasteiger partial charge in [0.05, 0.1) is 12.8 Å². The van der Waals surface area contributed by atoms with E-state index in [0.29, 0.717) is 12.2 Å². The Morgan fingerprint density at radius 2 is 1.95 bits per heavy atom. The molecular formula is C16H16BrNO3S. The maximum absolute atomic E-state index is 13.1. The highest BCUT2D eigenvalue weighted by atomic mass is 79.9. The molecule has 0 bridgehead atoms. The molecule has 0 saturated carbocycles. The molecule has 1 unspecified atom stereocenters. The van der Waals surface area contributed by atoms with E-state index >= 15 is 0 Å². The number of sulfonamides is 1. The second kappa shape index (κ2) is 5.59. The molecule has 0 amide bonds. The first-order valence-electron chi connectivity index (χ1n) is 6.91. The van der Waals surface area contributed by atoms with Crippen molar-refractivity contribution in [1.82, 2.24) is 0 Å². The summed E-state index contributed by atoms with van der Waals surface area (Å²) in [6.45, 7) is 1.92. The summed E-state index contributed by atoms with van der Waals surface area (Å²) in [7, 11) is -2.20. The summed E-state index contributed by atoms with van der Waals surface area (Å²) in [5.41, 5.74) is 1.80. The first-order valence-corrected chi connectivity index (χ1v) is 9.14. The molecule has 2 aromatic rings. The number of hydrogen-bond acceptors (Lipinski definition) is 3. The number of ether oxygens (including phenoxy) is 1. The van der Waals surface area contributed by atoms with E-state index in [1.165, 1.54) is 11.4 Å². The number of hydrogen-bond donors (Lipinski definition) is 0. The SMILES string of the molecule is COc1cc(Br)ccc1S(=O)(=O)N1c2ccccc2CC1C. The molecule has 0 aliphatic carbocycles. The zero-order valence-electron chi connectivity index (χ0n) is 12.3. The third kappa shape index (κ3) is 2.40. The maximum Gasteiger partial charge on any atom is 0.268 e. The van der Waals surface area contributed by atoms with Crippen LogP contribution in [0.5, 0.6) is 5.75 Å². The molecule has 0 fully saturated rings. The van der Waals surface area contributed by atoms with Crippen LogP contribution in [0.2, 0.25) is 0 Å². The molecule has 1 heterocycles. The number of fused-ring (bicyclic) bond motifs is 1. The lowest BCUT2D eigenvalue weighted by atomic mass is 10.1. The summed E-state index contributed by atoms with van der Waals surface area (Å²) >= 11 is 3.34. The van der Waals surface area contributed by atoms with Crippen molar-refractivity contribution in [3.8, 4) is 5.75 Å². The summed E-state index contributed by atoms with van der Waals surface area (Å²) in [6, 6.07) is 12.4. The van der Waals surface area contributed by atoms with E-state index in [0.717, 1.165) is 15.7 Å². The lowest BCUT2D eigenvalue weighted by Gasteiger charge is -2.25. The normalized spacial score (nSPS) is 17.4. The monoisotopic (exact) mass is 381 g/mol. The molecule has 0 spiro atoms. The van der Waals surface area contributed by atoms with E-state index in [4.69, 9.17) is 4.74 Å². The smallest absolute Gasteiger partial charge is 0.268 e. The molecular weight excluding hydrogens is 366 g/mol. The zero-order valence-corrected chi connectivity index (χ0v) is 14.7. The van der Waals surface area contributed by atoms with Gasteiger partial charge in [0.25, 0.3) is 10.0 Å². The van der Waals surface area contributed by atoms with E-state index in [9.17, 15) is 8.42 Å². The van der Waals surface area contributed by atoms with E-state index in [1.807, 2.05) is 31.2 Å². The number of halogens is 1. The summed E-state index contributed by atoms with van der Waals surface area (Å²) in [5.74, 6) is 0.339. The van der Waals surface area contributed by atoms with E-state index in [-0.39, 0.29) is 10.9 Å². The lowest BCUT2D eigenvalue weighted by Crippen LogP contribution is -2.35. The minimum atomic E-state index is -3.67. The Balaban J connectivity index is 2.15. The first-order chi connectivity index (χ1) is 10.4. The van der Waals surface area contributed by atoms with Gasteiger partial charge in [0.15, 0.2) is 0 Å². The largest absolute Gasteiger partial charge is 0.495 e. The number of nitrogens with zero attached hydrogens (tertiary/aromatic N) is 1. The minimum absolute atomic E-state index is 0.115. The molecule has 22 heavy (non-hydrogen) atoms. The maximum atomic E-state index is 13.1. The second-order valence-electron chi connectivity index (χ2n) is 5.28. The Bertz CT molecular complexity index is 820. The summed E-state index contributed by atoms with van der Waals surface area (Å²) < 4.78 is 33.8. The van der Waals surface area contributed by atoms with Crippen molar-refractivity contribution in [2.45, 2.75) is 24.3 Å². The Hall–Kier alpha value is -1.53. The van der Waals surface area contributed by atoms with Crippen LogP contribution in [0.4, 0.5) is 5.69 Å². The minimum Gasteiger partial charge on any atom is -0.495 e. The fraction of sp³-hybridized carbons (Fsp3) is 0.250.